The summed E-state index contributed by atoms with van der Waals surface area (Å²) >= 11 is 0. The van der Waals surface area contributed by atoms with Crippen LogP contribution in [0.25, 0.3) is 0 Å². The molecule has 4 aliphatic rings. The van der Waals surface area contributed by atoms with E-state index in [4.69, 9.17) is 0 Å². The fourth-order valence-corrected chi connectivity index (χ4v) is 5.46. The molecule has 2 aromatic carbocycles. The van der Waals surface area contributed by atoms with Gasteiger partial charge in [0.25, 0.3) is 11.8 Å². The normalized spacial score (nSPS) is 22.4. The molecule has 180 valence electrons. The molecule has 1 N–H and O–H groups in total. The number of imide groups is 1. The van der Waals surface area contributed by atoms with Gasteiger partial charge in [0.15, 0.2) is 11.6 Å². The Morgan fingerprint density at radius 1 is 0.857 bits per heavy atom. The average molecular weight is 480 g/mol. The van der Waals surface area contributed by atoms with Crippen molar-refractivity contribution in [3.05, 3.63) is 69.8 Å². The Balaban J connectivity index is 1.12. The Bertz CT molecular complexity index is 1310. The number of likely N-dealkylation sites (tertiary alicyclic amines) is 1. The van der Waals surface area contributed by atoms with Crippen molar-refractivity contribution in [3.63, 3.8) is 0 Å². The van der Waals surface area contributed by atoms with Gasteiger partial charge in [0, 0.05) is 50.3 Å². The predicted octanol–water partition coefficient (Wildman–Crippen LogP) is 1.57. The maximum atomic E-state index is 13.5. The highest BCUT2D eigenvalue weighted by Gasteiger charge is 2.43. The second-order valence-electron chi connectivity index (χ2n) is 9.60. The van der Waals surface area contributed by atoms with Crippen molar-refractivity contribution in [2.75, 3.05) is 13.1 Å². The Hall–Kier alpha value is -3.66. The molecule has 2 fully saturated rings. The van der Waals surface area contributed by atoms with Crippen molar-refractivity contribution in [1.82, 2.24) is 20.0 Å². The van der Waals surface area contributed by atoms with Gasteiger partial charge < -0.3 is 9.80 Å². The molecule has 2 aromatic rings. The smallest absolute Gasteiger partial charge is 0.255 e. The number of carbonyl (C=O) groups is 4. The summed E-state index contributed by atoms with van der Waals surface area (Å²) in [6.45, 7) is 2.35. The van der Waals surface area contributed by atoms with Gasteiger partial charge in [-0.1, -0.05) is 6.07 Å². The topological polar surface area (TPSA) is 90.0 Å². The SMILES string of the molecule is O=C1CCC(N2Cc3cc4c(cc3C2=O)CN(C2CN(Cc3ccc(F)c(F)c3)C2)C4=O)C(=O)N1. The highest BCUT2D eigenvalue weighted by molar-refractivity contribution is 6.07. The van der Waals surface area contributed by atoms with Gasteiger partial charge in [-0.3, -0.25) is 29.4 Å². The molecule has 8 nitrogen and oxygen atoms in total. The van der Waals surface area contributed by atoms with Gasteiger partial charge in [-0.25, -0.2) is 8.78 Å². The molecule has 35 heavy (non-hydrogen) atoms. The van der Waals surface area contributed by atoms with Crippen LogP contribution < -0.4 is 5.32 Å². The highest BCUT2D eigenvalue weighted by atomic mass is 19.2. The highest BCUT2D eigenvalue weighted by Crippen LogP contribution is 2.35. The molecule has 0 bridgehead atoms. The fraction of sp³-hybridized carbons (Fsp3) is 0.360. The van der Waals surface area contributed by atoms with Crippen molar-refractivity contribution >= 4 is 23.6 Å². The lowest BCUT2D eigenvalue weighted by molar-refractivity contribution is -0.136. The lowest BCUT2D eigenvalue weighted by atomic mass is 10.0. The number of hydrogen-bond acceptors (Lipinski definition) is 5. The Morgan fingerprint density at radius 2 is 1.51 bits per heavy atom. The van der Waals surface area contributed by atoms with Crippen LogP contribution >= 0.6 is 0 Å². The zero-order chi connectivity index (χ0) is 24.4. The Labute approximate surface area is 199 Å². The maximum absolute atomic E-state index is 13.5. The number of halogens is 2. The van der Waals surface area contributed by atoms with Crippen LogP contribution in [-0.2, 0) is 29.2 Å². The molecule has 2 saturated heterocycles. The summed E-state index contributed by atoms with van der Waals surface area (Å²) < 4.78 is 26.6. The monoisotopic (exact) mass is 480 g/mol. The largest absolute Gasteiger partial charge is 0.329 e. The number of amides is 4. The summed E-state index contributed by atoms with van der Waals surface area (Å²) in [4.78, 5) is 55.2. The molecular formula is C25H22F2N4O4. The van der Waals surface area contributed by atoms with Crippen LogP contribution in [0.4, 0.5) is 8.78 Å². The van der Waals surface area contributed by atoms with E-state index in [1.165, 1.54) is 11.0 Å². The van der Waals surface area contributed by atoms with E-state index in [2.05, 4.69) is 10.2 Å². The van der Waals surface area contributed by atoms with E-state index in [0.29, 0.717) is 54.9 Å². The minimum Gasteiger partial charge on any atom is -0.329 e. The molecular weight excluding hydrogens is 458 g/mol. The number of hydrogen-bond donors (Lipinski definition) is 1. The standard InChI is InChI=1S/C25H22F2N4O4/c26-19-2-1-13(5-20(19)27)8-29-11-16(12-29)30-9-14-6-18-15(7-17(14)24(30)34)10-31(25(18)35)21-3-4-22(32)28-23(21)33/h1-2,5-7,16,21H,3-4,8-12H2,(H,28,32,33). The van der Waals surface area contributed by atoms with Gasteiger partial charge in [-0.2, -0.15) is 0 Å². The fourth-order valence-electron chi connectivity index (χ4n) is 5.46. The lowest BCUT2D eigenvalue weighted by Gasteiger charge is -2.44. The van der Waals surface area contributed by atoms with Crippen molar-refractivity contribution < 1.29 is 28.0 Å². The molecule has 1 unspecified atom stereocenters. The summed E-state index contributed by atoms with van der Waals surface area (Å²) in [5.74, 6) is -2.89. The van der Waals surface area contributed by atoms with Crippen LogP contribution in [0, 0.1) is 11.6 Å². The number of nitrogens with zero attached hydrogens (tertiary/aromatic N) is 3. The van der Waals surface area contributed by atoms with Gasteiger partial charge in [0.2, 0.25) is 11.8 Å². The van der Waals surface area contributed by atoms with Gasteiger partial charge in [0.05, 0.1) is 6.04 Å². The molecule has 0 radical (unpaired) electrons. The number of benzene rings is 2. The first-order valence-electron chi connectivity index (χ1n) is 11.6. The minimum absolute atomic E-state index is 0.00528. The molecule has 0 saturated carbocycles. The molecule has 6 rings (SSSR count). The van der Waals surface area contributed by atoms with Crippen LogP contribution in [0.1, 0.15) is 50.2 Å². The van der Waals surface area contributed by atoms with E-state index < -0.39 is 23.6 Å². The summed E-state index contributed by atoms with van der Waals surface area (Å²) in [5, 5.41) is 2.29. The van der Waals surface area contributed by atoms with Gasteiger partial charge in [-0.15, -0.1) is 0 Å². The van der Waals surface area contributed by atoms with Crippen LogP contribution in [0.2, 0.25) is 0 Å². The van der Waals surface area contributed by atoms with Crippen molar-refractivity contribution in [2.24, 2.45) is 0 Å². The second-order valence-corrected chi connectivity index (χ2v) is 9.60. The minimum atomic E-state index is -0.874. The molecule has 1 atom stereocenters. The number of carbonyl (C=O) groups excluding carboxylic acids is 4. The van der Waals surface area contributed by atoms with Crippen molar-refractivity contribution in [1.29, 1.82) is 0 Å². The average Bonchev–Trinajstić information content (AvgIpc) is 3.28. The van der Waals surface area contributed by atoms with E-state index in [0.717, 1.165) is 11.6 Å². The van der Waals surface area contributed by atoms with Crippen LogP contribution in [-0.4, -0.2) is 63.5 Å². The lowest BCUT2D eigenvalue weighted by Crippen LogP contribution is -2.58. The first-order valence-corrected chi connectivity index (χ1v) is 11.6. The second kappa shape index (κ2) is 7.94. The summed E-state index contributed by atoms with van der Waals surface area (Å²) in [6, 6.07) is 6.69. The van der Waals surface area contributed by atoms with Crippen molar-refractivity contribution in [3.8, 4) is 0 Å². The van der Waals surface area contributed by atoms with E-state index in [1.807, 2.05) is 0 Å². The molecule has 10 heteroatoms. The zero-order valence-corrected chi connectivity index (χ0v) is 18.7. The molecule has 4 aliphatic heterocycles. The first kappa shape index (κ1) is 21.8. The molecule has 4 heterocycles. The van der Waals surface area contributed by atoms with Crippen LogP contribution in [0.15, 0.2) is 30.3 Å². The van der Waals surface area contributed by atoms with Gasteiger partial charge in [-0.05, 0) is 47.4 Å². The maximum Gasteiger partial charge on any atom is 0.255 e. The van der Waals surface area contributed by atoms with E-state index in [1.54, 1.807) is 23.1 Å². The number of piperidine rings is 1. The summed E-state index contributed by atoms with van der Waals surface area (Å²) in [5.41, 5.74) is 3.24. The molecule has 0 aromatic heterocycles. The number of nitrogens with one attached hydrogen (secondary N) is 1. The third-order valence-electron chi connectivity index (χ3n) is 7.35. The molecule has 4 amide bonds. The first-order chi connectivity index (χ1) is 16.8. The van der Waals surface area contributed by atoms with Gasteiger partial charge >= 0.3 is 0 Å². The third kappa shape index (κ3) is 3.59. The van der Waals surface area contributed by atoms with Crippen LogP contribution in [0.5, 0.6) is 0 Å². The third-order valence-corrected chi connectivity index (χ3v) is 7.35. The quantitative estimate of drug-likeness (QED) is 0.671. The van der Waals surface area contributed by atoms with E-state index in [9.17, 15) is 28.0 Å². The van der Waals surface area contributed by atoms with Gasteiger partial charge in [0.1, 0.15) is 6.04 Å². The van der Waals surface area contributed by atoms with E-state index in [-0.39, 0.29) is 36.7 Å². The Kier molecular flexibility index (Phi) is 4.96. The number of rotatable bonds is 4. The predicted molar refractivity (Wildman–Crippen MR) is 118 cm³/mol. The van der Waals surface area contributed by atoms with Crippen LogP contribution in [0.3, 0.4) is 0 Å². The molecule has 0 aliphatic carbocycles. The molecule has 0 spiro atoms. The van der Waals surface area contributed by atoms with E-state index >= 15 is 0 Å². The number of fused-ring (bicyclic) bond motifs is 2. The summed E-state index contributed by atoms with van der Waals surface area (Å²) in [7, 11) is 0. The summed E-state index contributed by atoms with van der Waals surface area (Å²) in [6.07, 6.45) is 0.481. The Morgan fingerprint density at radius 3 is 2.17 bits per heavy atom. The zero-order valence-electron chi connectivity index (χ0n) is 18.7. The van der Waals surface area contributed by atoms with Crippen molar-refractivity contribution in [2.45, 2.75) is 44.6 Å².